The summed E-state index contributed by atoms with van der Waals surface area (Å²) in [6.45, 7) is 3.25. The molecule has 2 fully saturated rings. The normalized spacial score (nSPS) is 29.3. The first kappa shape index (κ1) is 13.9. The molecule has 2 rings (SSSR count). The van der Waals surface area contributed by atoms with Crippen LogP contribution in [0.1, 0.15) is 19.8 Å². The van der Waals surface area contributed by atoms with Crippen LogP contribution in [-0.4, -0.2) is 52.7 Å². The minimum atomic E-state index is 0.520. The monoisotopic (exact) mass is 300 g/mol. The van der Waals surface area contributed by atoms with Crippen LogP contribution in [0.15, 0.2) is 0 Å². The molecule has 5 radical (unpaired) electrons. The summed E-state index contributed by atoms with van der Waals surface area (Å²) in [5.74, 6) is 1.51. The van der Waals surface area contributed by atoms with Crippen LogP contribution in [0.3, 0.4) is 0 Å². The van der Waals surface area contributed by atoms with Crippen LogP contribution >= 0.6 is 0 Å². The second-order valence-electron chi connectivity index (χ2n) is 4.93. The van der Waals surface area contributed by atoms with Crippen molar-refractivity contribution in [2.75, 3.05) is 20.7 Å². The summed E-state index contributed by atoms with van der Waals surface area (Å²) in [7, 11) is 4.29. The van der Waals surface area contributed by atoms with Gasteiger partial charge in [0.25, 0.3) is 0 Å². The van der Waals surface area contributed by atoms with Crippen molar-refractivity contribution in [1.82, 2.24) is 4.90 Å². The van der Waals surface area contributed by atoms with Crippen molar-refractivity contribution >= 4 is 15.0 Å². The van der Waals surface area contributed by atoms with E-state index in [1.807, 2.05) is 0 Å². The molecule has 2 atom stereocenters. The molecule has 0 N–H and O–H groups in total. The van der Waals surface area contributed by atoms with Gasteiger partial charge in [-0.25, -0.2) is 0 Å². The molecule has 1 saturated heterocycles. The Kier molecular flexibility index (Phi) is 5.35. The number of rotatable bonds is 5. The van der Waals surface area contributed by atoms with Crippen LogP contribution in [0.2, 0.25) is 5.32 Å². The van der Waals surface area contributed by atoms with Gasteiger partial charge in [-0.15, -0.1) is 0 Å². The number of ether oxygens (including phenoxy) is 1. The zero-order valence-electron chi connectivity index (χ0n) is 11.0. The molecule has 1 aliphatic heterocycles. The summed E-state index contributed by atoms with van der Waals surface area (Å²) >= 11 is 0.568. The van der Waals surface area contributed by atoms with Gasteiger partial charge in [-0.2, -0.15) is 0 Å². The molecule has 2 aliphatic rings. The molecule has 0 bridgehead atoms. The molecule has 1 heterocycles. The van der Waals surface area contributed by atoms with Gasteiger partial charge in [0, 0.05) is 0 Å². The fourth-order valence-corrected chi connectivity index (χ4v) is 4.67. The molecule has 95 valence electrons. The zero-order valence-corrected chi connectivity index (χ0v) is 12.7. The van der Waals surface area contributed by atoms with E-state index in [1.165, 1.54) is 24.1 Å². The first-order valence-electron chi connectivity index (χ1n) is 6.35. The summed E-state index contributed by atoms with van der Waals surface area (Å²) in [6.07, 6.45) is 9.82. The Morgan fingerprint density at radius 1 is 1.47 bits per heavy atom. The Labute approximate surface area is 113 Å². The van der Waals surface area contributed by atoms with E-state index < -0.39 is 0 Å². The van der Waals surface area contributed by atoms with E-state index >= 15 is 0 Å². The molecular formula is C14H22NOSe. The Morgan fingerprint density at radius 2 is 2.29 bits per heavy atom. The Hall–Kier alpha value is 0.439. The minimum absolute atomic E-state index is 0.520. The molecular weight excluding hydrogens is 277 g/mol. The second-order valence-corrected chi connectivity index (χ2v) is 7.16. The number of hydrogen-bond acceptors (Lipinski definition) is 2. The van der Waals surface area contributed by atoms with Gasteiger partial charge in [-0.1, -0.05) is 0 Å². The summed E-state index contributed by atoms with van der Waals surface area (Å²) in [6, 6.07) is 0.520. The van der Waals surface area contributed by atoms with Crippen molar-refractivity contribution < 1.29 is 4.74 Å². The summed E-state index contributed by atoms with van der Waals surface area (Å²) in [5.41, 5.74) is 0. The average molecular weight is 299 g/mol. The molecule has 0 aromatic rings. The van der Waals surface area contributed by atoms with E-state index in [-0.39, 0.29) is 0 Å². The number of hydrogen-bond donors (Lipinski definition) is 0. The van der Waals surface area contributed by atoms with E-state index in [4.69, 9.17) is 4.74 Å². The summed E-state index contributed by atoms with van der Waals surface area (Å²) in [5, 5.41) is 1.24. The SMILES string of the molecule is C[C@H]([C]1[CH][CH][CH][C]1[Se]C[C@H]1CCCO1)N(C)C. The first-order chi connectivity index (χ1) is 8.18. The predicted molar refractivity (Wildman–Crippen MR) is 72.1 cm³/mol. The molecule has 2 nitrogen and oxygen atoms in total. The van der Waals surface area contributed by atoms with Gasteiger partial charge in [-0.3, -0.25) is 0 Å². The maximum atomic E-state index is 5.70. The van der Waals surface area contributed by atoms with Gasteiger partial charge in [0.05, 0.1) is 0 Å². The standard InChI is InChI=1S/C14H22NOSe/c1-11(15(2)3)13-7-4-8-14(13)17-10-12-6-5-9-16-12/h4,7-8,11-12H,5-6,9-10H2,1-3H3/t11-,12-/m1/s1. The van der Waals surface area contributed by atoms with Crippen molar-refractivity contribution in [3.8, 4) is 0 Å². The van der Waals surface area contributed by atoms with Crippen LogP contribution in [0, 0.1) is 30.0 Å². The molecule has 1 aliphatic carbocycles. The van der Waals surface area contributed by atoms with E-state index in [1.54, 1.807) is 4.82 Å². The quantitative estimate of drug-likeness (QED) is 0.720. The van der Waals surface area contributed by atoms with Gasteiger partial charge in [0.2, 0.25) is 0 Å². The third kappa shape index (κ3) is 3.70. The summed E-state index contributed by atoms with van der Waals surface area (Å²) < 4.78 is 5.70. The van der Waals surface area contributed by atoms with Gasteiger partial charge in [0.1, 0.15) is 0 Å². The average Bonchev–Trinajstić information content (AvgIpc) is 2.96. The molecule has 0 aromatic carbocycles. The number of nitrogens with zero attached hydrogens (tertiary/aromatic N) is 1. The molecule has 1 saturated carbocycles. The Balaban J connectivity index is 1.78. The van der Waals surface area contributed by atoms with Crippen molar-refractivity contribution in [3.05, 3.63) is 30.0 Å². The molecule has 3 heteroatoms. The predicted octanol–water partition coefficient (Wildman–Crippen LogP) is 1.97. The van der Waals surface area contributed by atoms with E-state index in [2.05, 4.69) is 45.2 Å². The van der Waals surface area contributed by atoms with Crippen LogP contribution < -0.4 is 0 Å². The fourth-order valence-electron chi connectivity index (χ4n) is 2.13. The van der Waals surface area contributed by atoms with E-state index in [9.17, 15) is 0 Å². The van der Waals surface area contributed by atoms with Crippen LogP contribution in [0.5, 0.6) is 0 Å². The third-order valence-electron chi connectivity index (χ3n) is 3.48. The summed E-state index contributed by atoms with van der Waals surface area (Å²) in [4.78, 5) is 3.84. The molecule has 0 amide bonds. The Morgan fingerprint density at radius 3 is 2.94 bits per heavy atom. The molecule has 0 aromatic heterocycles. The van der Waals surface area contributed by atoms with Crippen molar-refractivity contribution in [1.29, 1.82) is 0 Å². The van der Waals surface area contributed by atoms with Gasteiger partial charge in [0.15, 0.2) is 0 Å². The van der Waals surface area contributed by atoms with Crippen LogP contribution in [0.25, 0.3) is 0 Å². The molecule has 0 spiro atoms. The van der Waals surface area contributed by atoms with Crippen molar-refractivity contribution in [2.45, 2.75) is 37.2 Å². The molecule has 17 heavy (non-hydrogen) atoms. The third-order valence-corrected chi connectivity index (χ3v) is 6.04. The van der Waals surface area contributed by atoms with Gasteiger partial charge >= 0.3 is 113 Å². The molecule has 0 unspecified atom stereocenters. The van der Waals surface area contributed by atoms with Crippen molar-refractivity contribution in [2.24, 2.45) is 0 Å². The second kappa shape index (κ2) is 6.56. The van der Waals surface area contributed by atoms with Gasteiger partial charge in [-0.05, 0) is 0 Å². The van der Waals surface area contributed by atoms with Crippen LogP contribution in [0.4, 0.5) is 0 Å². The fraction of sp³-hybridized carbons (Fsp3) is 0.643. The maximum absolute atomic E-state index is 5.70. The van der Waals surface area contributed by atoms with Crippen LogP contribution in [-0.2, 0) is 4.74 Å². The van der Waals surface area contributed by atoms with Crippen molar-refractivity contribution in [3.63, 3.8) is 0 Å². The first-order valence-corrected chi connectivity index (χ1v) is 8.41. The van der Waals surface area contributed by atoms with E-state index in [0.29, 0.717) is 27.1 Å². The van der Waals surface area contributed by atoms with Gasteiger partial charge < -0.3 is 0 Å². The topological polar surface area (TPSA) is 12.5 Å². The zero-order chi connectivity index (χ0) is 12.3. The Bertz CT molecular complexity index is 228. The van der Waals surface area contributed by atoms with E-state index in [0.717, 1.165) is 6.61 Å².